The Hall–Kier alpha value is -1.73. The molecule has 7 heteroatoms. The number of nitrogens with one attached hydrogen (secondary N) is 1. The van der Waals surface area contributed by atoms with E-state index in [9.17, 15) is 0 Å². The maximum absolute atomic E-state index is 8.83. The van der Waals surface area contributed by atoms with Crippen LogP contribution in [0, 0.1) is 6.92 Å². The highest BCUT2D eigenvalue weighted by Crippen LogP contribution is 2.01. The molecule has 0 bridgehead atoms. The van der Waals surface area contributed by atoms with Crippen molar-refractivity contribution in [1.29, 1.82) is 0 Å². The molecule has 0 aromatic carbocycles. The summed E-state index contributed by atoms with van der Waals surface area (Å²) in [5, 5.41) is 16.0. The fourth-order valence-electron chi connectivity index (χ4n) is 1.96. The molecule has 2 aromatic rings. The number of aromatic nitrogens is 4. The average Bonchev–Trinajstić information content (AvgIpc) is 3.05. The monoisotopic (exact) mass is 279 g/mol. The summed E-state index contributed by atoms with van der Waals surface area (Å²) in [5.41, 5.74) is 0. The summed E-state index contributed by atoms with van der Waals surface area (Å²) in [6.45, 7) is 5.70. The second kappa shape index (κ2) is 7.16. The van der Waals surface area contributed by atoms with Crippen LogP contribution in [0.3, 0.4) is 0 Å². The van der Waals surface area contributed by atoms with Crippen LogP contribution in [0.4, 0.5) is 0 Å². The van der Waals surface area contributed by atoms with Crippen LogP contribution in [0.2, 0.25) is 0 Å². The number of aliphatic hydroxyl groups is 1. The molecule has 0 saturated heterocycles. The van der Waals surface area contributed by atoms with E-state index in [1.165, 1.54) is 0 Å². The average molecular weight is 279 g/mol. The summed E-state index contributed by atoms with van der Waals surface area (Å²) in [6, 6.07) is 0.404. The second-order valence-electron chi connectivity index (χ2n) is 4.82. The Kier molecular flexibility index (Phi) is 5.25. The van der Waals surface area contributed by atoms with Crippen molar-refractivity contribution in [3.8, 4) is 0 Å². The zero-order valence-electron chi connectivity index (χ0n) is 11.9. The van der Waals surface area contributed by atoms with E-state index in [1.807, 2.05) is 19.3 Å². The highest BCUT2D eigenvalue weighted by atomic mass is 16.5. The molecule has 0 fully saturated rings. The summed E-state index contributed by atoms with van der Waals surface area (Å²) in [6.07, 6.45) is 5.55. The van der Waals surface area contributed by atoms with Gasteiger partial charge < -0.3 is 19.5 Å². The molecule has 110 valence electrons. The molecule has 0 amide bonds. The quantitative estimate of drug-likeness (QED) is 0.738. The molecule has 7 nitrogen and oxygen atoms in total. The number of hydrogen-bond acceptors (Lipinski definition) is 6. The van der Waals surface area contributed by atoms with Gasteiger partial charge in [0.1, 0.15) is 12.4 Å². The predicted molar refractivity (Wildman–Crippen MR) is 73.0 cm³/mol. The van der Waals surface area contributed by atoms with Crippen molar-refractivity contribution >= 4 is 0 Å². The minimum Gasteiger partial charge on any atom is -0.387 e. The molecule has 2 heterocycles. The lowest BCUT2D eigenvalue weighted by molar-refractivity contribution is 0.222. The number of hydrogen-bond donors (Lipinski definition) is 2. The number of nitrogens with zero attached hydrogens (tertiary/aromatic N) is 4. The number of aryl methyl sites for hydroxylation is 2. The molecule has 0 unspecified atom stereocenters. The lowest BCUT2D eigenvalue weighted by atomic mass is 10.2. The zero-order chi connectivity index (χ0) is 14.4. The van der Waals surface area contributed by atoms with E-state index in [0.717, 1.165) is 25.3 Å². The summed E-state index contributed by atoms with van der Waals surface area (Å²) >= 11 is 0. The van der Waals surface area contributed by atoms with Gasteiger partial charge >= 0.3 is 0 Å². The van der Waals surface area contributed by atoms with E-state index in [0.29, 0.717) is 18.3 Å². The highest BCUT2D eigenvalue weighted by molar-refractivity contribution is 4.89. The van der Waals surface area contributed by atoms with Crippen LogP contribution in [0.15, 0.2) is 16.9 Å². The summed E-state index contributed by atoms with van der Waals surface area (Å²) in [5.74, 6) is 1.93. The minimum atomic E-state index is -0.207. The third kappa shape index (κ3) is 4.14. The molecule has 0 spiro atoms. The van der Waals surface area contributed by atoms with Crippen molar-refractivity contribution in [3.05, 3.63) is 29.9 Å². The van der Waals surface area contributed by atoms with E-state index < -0.39 is 0 Å². The number of rotatable bonds is 8. The first-order chi connectivity index (χ1) is 9.69. The number of aliphatic hydroxyl groups excluding tert-OH is 1. The van der Waals surface area contributed by atoms with Gasteiger partial charge in [0.05, 0.1) is 0 Å². The molecule has 0 radical (unpaired) electrons. The van der Waals surface area contributed by atoms with Crippen LogP contribution in [0.25, 0.3) is 0 Å². The van der Waals surface area contributed by atoms with Crippen LogP contribution >= 0.6 is 0 Å². The standard InChI is InChI=1S/C13H21N5O2/c1-10(4-7-18-8-6-15-11(18)2)14-5-3-12-16-13(9-19)20-17-12/h6,8,10,14,19H,3-5,7,9H2,1-2H3/t10-/m1/s1. The van der Waals surface area contributed by atoms with Gasteiger partial charge in [-0.25, -0.2) is 4.98 Å². The van der Waals surface area contributed by atoms with Gasteiger partial charge in [-0.3, -0.25) is 0 Å². The van der Waals surface area contributed by atoms with Crippen molar-refractivity contribution in [2.75, 3.05) is 6.54 Å². The largest absolute Gasteiger partial charge is 0.387 e. The van der Waals surface area contributed by atoms with Crippen molar-refractivity contribution < 1.29 is 9.63 Å². The molecule has 0 aliphatic heterocycles. The Morgan fingerprint density at radius 3 is 3.00 bits per heavy atom. The molecule has 0 aliphatic rings. The molecule has 2 aromatic heterocycles. The van der Waals surface area contributed by atoms with Crippen molar-refractivity contribution in [1.82, 2.24) is 25.0 Å². The smallest absolute Gasteiger partial charge is 0.252 e. The number of imidazole rings is 1. The Bertz CT molecular complexity index is 522. The third-order valence-electron chi connectivity index (χ3n) is 3.21. The Balaban J connectivity index is 1.65. The van der Waals surface area contributed by atoms with Crippen molar-refractivity contribution in [2.45, 2.75) is 45.9 Å². The van der Waals surface area contributed by atoms with E-state index in [-0.39, 0.29) is 12.5 Å². The molecular formula is C13H21N5O2. The van der Waals surface area contributed by atoms with Crippen LogP contribution < -0.4 is 5.32 Å². The normalized spacial score (nSPS) is 12.8. The van der Waals surface area contributed by atoms with Crippen molar-refractivity contribution in [2.24, 2.45) is 0 Å². The predicted octanol–water partition coefficient (Wildman–Crippen LogP) is 0.678. The Labute approximate surface area is 118 Å². The summed E-state index contributed by atoms with van der Waals surface area (Å²) < 4.78 is 6.98. The van der Waals surface area contributed by atoms with Gasteiger partial charge in [-0.05, 0) is 20.3 Å². The molecule has 0 saturated carbocycles. The lowest BCUT2D eigenvalue weighted by Gasteiger charge is -2.14. The van der Waals surface area contributed by atoms with E-state index in [1.54, 1.807) is 0 Å². The molecule has 2 rings (SSSR count). The highest BCUT2D eigenvalue weighted by Gasteiger charge is 2.06. The first-order valence-corrected chi connectivity index (χ1v) is 6.82. The zero-order valence-corrected chi connectivity index (χ0v) is 11.9. The molecule has 20 heavy (non-hydrogen) atoms. The van der Waals surface area contributed by atoms with E-state index in [4.69, 9.17) is 9.63 Å². The van der Waals surface area contributed by atoms with Gasteiger partial charge in [-0.1, -0.05) is 5.16 Å². The van der Waals surface area contributed by atoms with Gasteiger partial charge in [0.25, 0.3) is 5.89 Å². The summed E-state index contributed by atoms with van der Waals surface area (Å²) in [7, 11) is 0. The Morgan fingerprint density at radius 1 is 1.50 bits per heavy atom. The van der Waals surface area contributed by atoms with Crippen LogP contribution in [-0.2, 0) is 19.6 Å². The molecule has 0 aliphatic carbocycles. The topological polar surface area (TPSA) is 89.0 Å². The van der Waals surface area contributed by atoms with Gasteiger partial charge in [0.15, 0.2) is 5.82 Å². The fraction of sp³-hybridized carbons (Fsp3) is 0.615. The van der Waals surface area contributed by atoms with E-state index >= 15 is 0 Å². The van der Waals surface area contributed by atoms with Gasteiger partial charge in [-0.15, -0.1) is 0 Å². The second-order valence-corrected chi connectivity index (χ2v) is 4.82. The fourth-order valence-corrected chi connectivity index (χ4v) is 1.96. The van der Waals surface area contributed by atoms with Gasteiger partial charge in [0.2, 0.25) is 0 Å². The van der Waals surface area contributed by atoms with Crippen molar-refractivity contribution in [3.63, 3.8) is 0 Å². The lowest BCUT2D eigenvalue weighted by Crippen LogP contribution is -2.29. The first kappa shape index (κ1) is 14.7. The van der Waals surface area contributed by atoms with Crippen LogP contribution in [-0.4, -0.2) is 37.4 Å². The molecule has 2 N–H and O–H groups in total. The van der Waals surface area contributed by atoms with Crippen LogP contribution in [0.1, 0.15) is 30.9 Å². The maximum Gasteiger partial charge on any atom is 0.252 e. The Morgan fingerprint density at radius 2 is 2.35 bits per heavy atom. The van der Waals surface area contributed by atoms with E-state index in [2.05, 4.69) is 31.9 Å². The summed E-state index contributed by atoms with van der Waals surface area (Å²) in [4.78, 5) is 8.25. The van der Waals surface area contributed by atoms with Crippen LogP contribution in [0.5, 0.6) is 0 Å². The molecule has 1 atom stereocenters. The van der Waals surface area contributed by atoms with Gasteiger partial charge in [0, 0.05) is 37.9 Å². The third-order valence-corrected chi connectivity index (χ3v) is 3.21. The maximum atomic E-state index is 8.83. The first-order valence-electron chi connectivity index (χ1n) is 6.82. The SMILES string of the molecule is Cc1nccn1CC[C@@H](C)NCCc1noc(CO)n1. The van der Waals surface area contributed by atoms with Gasteiger partial charge in [-0.2, -0.15) is 4.98 Å². The minimum absolute atomic E-state index is 0.207. The molecular weight excluding hydrogens is 258 g/mol.